The third-order valence-electron chi connectivity index (χ3n) is 2.43. The van der Waals surface area contributed by atoms with E-state index < -0.39 is 21.8 Å². The molecule has 1 heterocycles. The number of halogens is 2. The van der Waals surface area contributed by atoms with E-state index in [1.54, 1.807) is 0 Å². The molecule has 0 unspecified atom stereocenters. The Kier molecular flexibility index (Phi) is 4.24. The van der Waals surface area contributed by atoms with Crippen molar-refractivity contribution in [1.82, 2.24) is 4.98 Å². The predicted octanol–water partition coefficient (Wildman–Crippen LogP) is 2.48. The Morgan fingerprint density at radius 3 is 2.52 bits per heavy atom. The number of carboxylic acid groups (broad SMARTS) is 1. The standard InChI is InChI=1S/C12H8BrFN2O4S/c13-9-5-8(2-3-10(9)14)16-21(19,20)11-4-1-7(6-15-11)12(17)18/h1-6,16H,(H,17,18). The van der Waals surface area contributed by atoms with E-state index in [0.29, 0.717) is 0 Å². The lowest BCUT2D eigenvalue weighted by Crippen LogP contribution is -2.15. The number of pyridine rings is 1. The SMILES string of the molecule is O=C(O)c1ccc(S(=O)(=O)Nc2ccc(F)c(Br)c2)nc1. The van der Waals surface area contributed by atoms with Crippen molar-refractivity contribution in [2.24, 2.45) is 0 Å². The quantitative estimate of drug-likeness (QED) is 0.856. The average molecular weight is 375 g/mol. The largest absolute Gasteiger partial charge is 0.478 e. The molecule has 0 aliphatic carbocycles. The molecule has 0 aliphatic heterocycles. The van der Waals surface area contributed by atoms with Crippen molar-refractivity contribution in [3.63, 3.8) is 0 Å². The van der Waals surface area contributed by atoms with Gasteiger partial charge in [-0.05, 0) is 46.3 Å². The molecule has 0 aliphatic rings. The first-order valence-electron chi connectivity index (χ1n) is 5.47. The van der Waals surface area contributed by atoms with Gasteiger partial charge < -0.3 is 5.11 Å². The van der Waals surface area contributed by atoms with Gasteiger partial charge in [-0.15, -0.1) is 0 Å². The van der Waals surface area contributed by atoms with Crippen LogP contribution in [0.25, 0.3) is 0 Å². The highest BCUT2D eigenvalue weighted by Crippen LogP contribution is 2.22. The summed E-state index contributed by atoms with van der Waals surface area (Å²) in [6, 6.07) is 5.82. The van der Waals surface area contributed by atoms with Gasteiger partial charge in [0.25, 0.3) is 10.0 Å². The number of hydrogen-bond donors (Lipinski definition) is 2. The maximum Gasteiger partial charge on any atom is 0.337 e. The van der Waals surface area contributed by atoms with Gasteiger partial charge in [-0.25, -0.2) is 14.2 Å². The van der Waals surface area contributed by atoms with Crippen LogP contribution in [-0.2, 0) is 10.0 Å². The van der Waals surface area contributed by atoms with Crippen molar-refractivity contribution in [1.29, 1.82) is 0 Å². The molecule has 2 rings (SSSR count). The minimum absolute atomic E-state index is 0.108. The van der Waals surface area contributed by atoms with E-state index in [1.165, 1.54) is 12.1 Å². The van der Waals surface area contributed by atoms with Crippen LogP contribution in [0, 0.1) is 5.82 Å². The molecule has 6 nitrogen and oxygen atoms in total. The first kappa shape index (κ1) is 15.4. The fraction of sp³-hybridized carbons (Fsp3) is 0. The second-order valence-corrected chi connectivity index (χ2v) is 6.41. The summed E-state index contributed by atoms with van der Waals surface area (Å²) in [5.74, 6) is -1.73. The van der Waals surface area contributed by atoms with Crippen LogP contribution in [0.3, 0.4) is 0 Å². The van der Waals surface area contributed by atoms with Crippen molar-refractivity contribution < 1.29 is 22.7 Å². The Bertz CT molecular complexity index is 793. The summed E-state index contributed by atoms with van der Waals surface area (Å²) in [6.45, 7) is 0. The molecule has 110 valence electrons. The number of aromatic nitrogens is 1. The van der Waals surface area contributed by atoms with Crippen molar-refractivity contribution in [2.75, 3.05) is 4.72 Å². The molecule has 0 saturated heterocycles. The van der Waals surface area contributed by atoms with E-state index in [-0.39, 0.29) is 20.7 Å². The third kappa shape index (κ3) is 3.56. The van der Waals surface area contributed by atoms with Gasteiger partial charge in [-0.1, -0.05) is 0 Å². The van der Waals surface area contributed by atoms with Crippen molar-refractivity contribution >= 4 is 37.6 Å². The Morgan fingerprint density at radius 2 is 2.00 bits per heavy atom. The van der Waals surface area contributed by atoms with Crippen molar-refractivity contribution in [2.45, 2.75) is 5.03 Å². The Balaban J connectivity index is 2.29. The molecule has 1 aromatic heterocycles. The number of rotatable bonds is 4. The number of carbonyl (C=O) groups is 1. The van der Waals surface area contributed by atoms with Crippen LogP contribution in [-0.4, -0.2) is 24.5 Å². The molecule has 0 bridgehead atoms. The summed E-state index contributed by atoms with van der Waals surface area (Å²) in [5.41, 5.74) is 0.0193. The third-order valence-corrected chi connectivity index (χ3v) is 4.33. The van der Waals surface area contributed by atoms with E-state index >= 15 is 0 Å². The molecule has 2 N–H and O–H groups in total. The van der Waals surface area contributed by atoms with Crippen LogP contribution in [0.15, 0.2) is 46.0 Å². The second-order valence-electron chi connectivity index (χ2n) is 3.92. The molecule has 0 saturated carbocycles. The highest BCUT2D eigenvalue weighted by molar-refractivity contribution is 9.10. The van der Waals surface area contributed by atoms with Gasteiger partial charge in [0.15, 0.2) is 5.03 Å². The molecule has 1 aromatic carbocycles. The van der Waals surface area contributed by atoms with Gasteiger partial charge in [0.2, 0.25) is 0 Å². The van der Waals surface area contributed by atoms with E-state index in [4.69, 9.17) is 5.11 Å². The number of benzene rings is 1. The molecule has 9 heteroatoms. The van der Waals surface area contributed by atoms with Gasteiger partial charge in [0, 0.05) is 6.20 Å². The normalized spacial score (nSPS) is 11.1. The van der Waals surface area contributed by atoms with Crippen molar-refractivity contribution in [3.8, 4) is 0 Å². The lowest BCUT2D eigenvalue weighted by molar-refractivity contribution is 0.0696. The summed E-state index contributed by atoms with van der Waals surface area (Å²) in [4.78, 5) is 14.3. The topological polar surface area (TPSA) is 96.4 Å². The summed E-state index contributed by atoms with van der Waals surface area (Å²) in [6.07, 6.45) is 0.942. The summed E-state index contributed by atoms with van der Waals surface area (Å²) in [5, 5.41) is 8.38. The number of carboxylic acids is 1. The number of nitrogens with zero attached hydrogens (tertiary/aromatic N) is 1. The van der Waals surface area contributed by atoms with Gasteiger partial charge in [0.1, 0.15) is 5.82 Å². The van der Waals surface area contributed by atoms with Crippen LogP contribution in [0.5, 0.6) is 0 Å². The van der Waals surface area contributed by atoms with Crippen LogP contribution in [0.1, 0.15) is 10.4 Å². The zero-order valence-electron chi connectivity index (χ0n) is 10.2. The van der Waals surface area contributed by atoms with Crippen LogP contribution >= 0.6 is 15.9 Å². The maximum absolute atomic E-state index is 13.1. The number of nitrogens with one attached hydrogen (secondary N) is 1. The van der Waals surface area contributed by atoms with E-state index in [1.807, 2.05) is 0 Å². The monoisotopic (exact) mass is 374 g/mol. The Labute approximate surface area is 127 Å². The molecule has 2 aromatic rings. The lowest BCUT2D eigenvalue weighted by Gasteiger charge is -2.08. The zero-order valence-corrected chi connectivity index (χ0v) is 12.6. The summed E-state index contributed by atoms with van der Waals surface area (Å²) in [7, 11) is -3.98. The lowest BCUT2D eigenvalue weighted by atomic mass is 10.3. The zero-order chi connectivity index (χ0) is 15.6. The Hall–Kier alpha value is -2.00. The minimum Gasteiger partial charge on any atom is -0.478 e. The number of anilines is 1. The first-order chi connectivity index (χ1) is 9.79. The van der Waals surface area contributed by atoms with Gasteiger partial charge >= 0.3 is 5.97 Å². The Morgan fingerprint density at radius 1 is 1.29 bits per heavy atom. The summed E-state index contributed by atoms with van der Waals surface area (Å²) >= 11 is 2.94. The molecule has 0 radical (unpaired) electrons. The van der Waals surface area contributed by atoms with Crippen LogP contribution in [0.2, 0.25) is 0 Å². The smallest absolute Gasteiger partial charge is 0.337 e. The fourth-order valence-corrected chi connectivity index (χ4v) is 2.79. The molecule has 21 heavy (non-hydrogen) atoms. The molecular weight excluding hydrogens is 367 g/mol. The highest BCUT2D eigenvalue weighted by Gasteiger charge is 2.17. The molecule has 0 atom stereocenters. The van der Waals surface area contributed by atoms with Gasteiger partial charge in [0.05, 0.1) is 15.7 Å². The van der Waals surface area contributed by atoms with E-state index in [0.717, 1.165) is 24.4 Å². The van der Waals surface area contributed by atoms with Crippen LogP contribution in [0.4, 0.5) is 10.1 Å². The second kappa shape index (κ2) is 5.78. The number of hydrogen-bond acceptors (Lipinski definition) is 4. The minimum atomic E-state index is -3.98. The molecule has 0 fully saturated rings. The van der Waals surface area contributed by atoms with Crippen molar-refractivity contribution in [3.05, 3.63) is 52.4 Å². The summed E-state index contributed by atoms with van der Waals surface area (Å²) < 4.78 is 39.5. The average Bonchev–Trinajstić information content (AvgIpc) is 2.43. The number of aromatic carboxylic acids is 1. The molecule has 0 amide bonds. The fourth-order valence-electron chi connectivity index (χ4n) is 1.43. The van der Waals surface area contributed by atoms with Crippen LogP contribution < -0.4 is 4.72 Å². The molecular formula is C12H8BrFN2O4S. The maximum atomic E-state index is 13.1. The van der Waals surface area contributed by atoms with E-state index in [2.05, 4.69) is 25.6 Å². The predicted molar refractivity (Wildman–Crippen MR) is 76.1 cm³/mol. The molecule has 0 spiro atoms. The first-order valence-corrected chi connectivity index (χ1v) is 7.74. The highest BCUT2D eigenvalue weighted by atomic mass is 79.9. The van der Waals surface area contributed by atoms with E-state index in [9.17, 15) is 17.6 Å². The van der Waals surface area contributed by atoms with Gasteiger partial charge in [-0.2, -0.15) is 8.42 Å². The van der Waals surface area contributed by atoms with Gasteiger partial charge in [-0.3, -0.25) is 4.72 Å². The number of sulfonamides is 1.